The summed E-state index contributed by atoms with van der Waals surface area (Å²) in [5, 5.41) is 3.68. The van der Waals surface area contributed by atoms with E-state index >= 15 is 0 Å². The van der Waals surface area contributed by atoms with E-state index in [1.807, 2.05) is 37.3 Å². The van der Waals surface area contributed by atoms with Gasteiger partial charge in [0.2, 0.25) is 0 Å². The van der Waals surface area contributed by atoms with Crippen LogP contribution in [0.25, 0.3) is 0 Å². The van der Waals surface area contributed by atoms with Gasteiger partial charge in [0, 0.05) is 15.2 Å². The number of halogens is 2. The molecular formula is C16H16BrClN2O. The number of rotatable bonds is 4. The van der Waals surface area contributed by atoms with Crippen molar-refractivity contribution in [3.05, 3.63) is 63.1 Å². The minimum Gasteiger partial charge on any atom is -0.398 e. The lowest BCUT2D eigenvalue weighted by Gasteiger charge is -2.18. The first kappa shape index (κ1) is 15.9. The van der Waals surface area contributed by atoms with Crippen LogP contribution >= 0.6 is 27.5 Å². The zero-order chi connectivity index (χ0) is 15.4. The number of nitrogens with one attached hydrogen (secondary N) is 1. The van der Waals surface area contributed by atoms with Crippen molar-refractivity contribution in [3.8, 4) is 0 Å². The van der Waals surface area contributed by atoms with Crippen molar-refractivity contribution < 1.29 is 4.79 Å². The van der Waals surface area contributed by atoms with E-state index in [9.17, 15) is 4.79 Å². The summed E-state index contributed by atoms with van der Waals surface area (Å²) in [6.07, 6.45) is 0.779. The maximum Gasteiger partial charge on any atom is 0.253 e. The van der Waals surface area contributed by atoms with Gasteiger partial charge in [-0.05, 0) is 42.3 Å². The second-order valence-electron chi connectivity index (χ2n) is 4.72. The molecule has 1 unspecified atom stereocenters. The second kappa shape index (κ2) is 6.96. The third-order valence-electron chi connectivity index (χ3n) is 3.25. The highest BCUT2D eigenvalue weighted by Gasteiger charge is 2.16. The summed E-state index contributed by atoms with van der Waals surface area (Å²) in [4.78, 5) is 12.4. The first-order valence-corrected chi connectivity index (χ1v) is 7.79. The van der Waals surface area contributed by atoms with Gasteiger partial charge in [0.15, 0.2) is 0 Å². The van der Waals surface area contributed by atoms with Crippen LogP contribution in [0, 0.1) is 0 Å². The van der Waals surface area contributed by atoms with Crippen molar-refractivity contribution in [1.82, 2.24) is 5.32 Å². The summed E-state index contributed by atoms with van der Waals surface area (Å²) in [5.41, 5.74) is 7.81. The van der Waals surface area contributed by atoms with Gasteiger partial charge in [-0.2, -0.15) is 0 Å². The Balaban J connectivity index is 2.20. The number of nitrogen functional groups attached to an aromatic ring is 1. The summed E-state index contributed by atoms with van der Waals surface area (Å²) in [5.74, 6) is -0.185. The van der Waals surface area contributed by atoms with E-state index in [0.29, 0.717) is 16.3 Å². The highest BCUT2D eigenvalue weighted by Crippen LogP contribution is 2.22. The van der Waals surface area contributed by atoms with Gasteiger partial charge in [-0.3, -0.25) is 4.79 Å². The molecule has 3 nitrogen and oxygen atoms in total. The van der Waals surface area contributed by atoms with Crippen molar-refractivity contribution >= 4 is 39.1 Å². The summed E-state index contributed by atoms with van der Waals surface area (Å²) >= 11 is 9.24. The number of hydrogen-bond donors (Lipinski definition) is 2. The topological polar surface area (TPSA) is 55.1 Å². The van der Waals surface area contributed by atoms with Crippen molar-refractivity contribution in [2.75, 3.05) is 5.73 Å². The molecule has 0 saturated heterocycles. The molecule has 0 aliphatic carbocycles. The fourth-order valence-electron chi connectivity index (χ4n) is 2.08. The zero-order valence-corrected chi connectivity index (χ0v) is 13.9. The average molecular weight is 368 g/mol. The smallest absolute Gasteiger partial charge is 0.253 e. The van der Waals surface area contributed by atoms with E-state index < -0.39 is 0 Å². The van der Waals surface area contributed by atoms with Crippen LogP contribution in [0.15, 0.2) is 46.9 Å². The van der Waals surface area contributed by atoms with Crippen molar-refractivity contribution in [1.29, 1.82) is 0 Å². The molecule has 0 saturated carbocycles. The molecule has 1 amide bonds. The van der Waals surface area contributed by atoms with Crippen LogP contribution in [-0.4, -0.2) is 5.91 Å². The van der Waals surface area contributed by atoms with Crippen LogP contribution in [0.2, 0.25) is 5.02 Å². The quantitative estimate of drug-likeness (QED) is 0.778. The average Bonchev–Trinajstić information content (AvgIpc) is 2.48. The molecule has 21 heavy (non-hydrogen) atoms. The van der Waals surface area contributed by atoms with Gasteiger partial charge < -0.3 is 11.1 Å². The maximum absolute atomic E-state index is 12.4. The Morgan fingerprint density at radius 3 is 2.57 bits per heavy atom. The zero-order valence-electron chi connectivity index (χ0n) is 11.6. The van der Waals surface area contributed by atoms with Crippen molar-refractivity contribution in [2.24, 2.45) is 0 Å². The molecule has 0 heterocycles. The van der Waals surface area contributed by atoms with E-state index in [4.69, 9.17) is 17.3 Å². The number of nitrogens with two attached hydrogens (primary N) is 1. The Labute approximate surface area is 137 Å². The van der Waals surface area contributed by atoms with E-state index in [-0.39, 0.29) is 11.9 Å². The lowest BCUT2D eigenvalue weighted by Crippen LogP contribution is -2.28. The maximum atomic E-state index is 12.4. The third kappa shape index (κ3) is 3.99. The molecule has 2 aromatic carbocycles. The second-order valence-corrected chi connectivity index (χ2v) is 6.07. The van der Waals surface area contributed by atoms with Crippen LogP contribution in [0.5, 0.6) is 0 Å². The van der Waals surface area contributed by atoms with Gasteiger partial charge in [-0.1, -0.05) is 46.6 Å². The number of amides is 1. The van der Waals surface area contributed by atoms with Gasteiger partial charge in [0.25, 0.3) is 5.91 Å². The van der Waals surface area contributed by atoms with Gasteiger partial charge >= 0.3 is 0 Å². The first-order chi connectivity index (χ1) is 10.0. The fraction of sp³-hybridized carbons (Fsp3) is 0.188. The lowest BCUT2D eigenvalue weighted by molar-refractivity contribution is 0.0936. The Morgan fingerprint density at radius 1 is 1.29 bits per heavy atom. The van der Waals surface area contributed by atoms with E-state index in [0.717, 1.165) is 16.5 Å². The molecule has 0 aliphatic heterocycles. The lowest BCUT2D eigenvalue weighted by atomic mass is 10.0. The highest BCUT2D eigenvalue weighted by atomic mass is 79.9. The number of hydrogen-bond acceptors (Lipinski definition) is 2. The standard InChI is InChI=1S/C16H16BrClN2O/c1-2-15(10-3-6-12(18)7-4-10)20-16(21)13-9-11(17)5-8-14(13)19/h3-9,15H,2,19H2,1H3,(H,20,21). The SMILES string of the molecule is CCC(NC(=O)c1cc(Br)ccc1N)c1ccc(Cl)cc1. The van der Waals surface area contributed by atoms with Crippen LogP contribution in [0.3, 0.4) is 0 Å². The van der Waals surface area contributed by atoms with Crippen molar-refractivity contribution in [2.45, 2.75) is 19.4 Å². The predicted octanol–water partition coefficient (Wildman–Crippen LogP) is 4.57. The van der Waals surface area contributed by atoms with E-state index in [1.165, 1.54) is 0 Å². The minimum atomic E-state index is -0.185. The number of anilines is 1. The molecule has 0 spiro atoms. The molecular weight excluding hydrogens is 352 g/mol. The van der Waals surface area contributed by atoms with Gasteiger partial charge in [-0.25, -0.2) is 0 Å². The van der Waals surface area contributed by atoms with Crippen LogP contribution in [0.1, 0.15) is 35.3 Å². The largest absolute Gasteiger partial charge is 0.398 e. The first-order valence-electron chi connectivity index (χ1n) is 6.62. The molecule has 0 aliphatic rings. The van der Waals surface area contributed by atoms with Crippen molar-refractivity contribution in [3.63, 3.8) is 0 Å². The molecule has 3 N–H and O–H groups in total. The Bertz CT molecular complexity index is 643. The van der Waals surface area contributed by atoms with Gasteiger partial charge in [-0.15, -0.1) is 0 Å². The van der Waals surface area contributed by atoms with Gasteiger partial charge in [0.05, 0.1) is 11.6 Å². The molecule has 0 fully saturated rings. The molecule has 0 bridgehead atoms. The molecule has 110 valence electrons. The summed E-state index contributed by atoms with van der Waals surface area (Å²) < 4.78 is 0.821. The summed E-state index contributed by atoms with van der Waals surface area (Å²) in [7, 11) is 0. The number of carbonyl (C=O) groups is 1. The number of benzene rings is 2. The monoisotopic (exact) mass is 366 g/mol. The Morgan fingerprint density at radius 2 is 1.95 bits per heavy atom. The Kier molecular flexibility index (Phi) is 5.26. The molecule has 2 rings (SSSR count). The molecule has 0 aromatic heterocycles. The van der Waals surface area contributed by atoms with E-state index in [1.54, 1.807) is 12.1 Å². The number of carbonyl (C=O) groups excluding carboxylic acids is 1. The summed E-state index contributed by atoms with van der Waals surface area (Å²) in [6, 6.07) is 12.6. The molecule has 2 aromatic rings. The molecule has 1 atom stereocenters. The predicted molar refractivity (Wildman–Crippen MR) is 90.5 cm³/mol. The summed E-state index contributed by atoms with van der Waals surface area (Å²) in [6.45, 7) is 2.02. The normalized spacial score (nSPS) is 12.0. The van der Waals surface area contributed by atoms with Gasteiger partial charge in [0.1, 0.15) is 0 Å². The van der Waals surface area contributed by atoms with Crippen LogP contribution < -0.4 is 11.1 Å². The Hall–Kier alpha value is -1.52. The fourth-order valence-corrected chi connectivity index (χ4v) is 2.56. The third-order valence-corrected chi connectivity index (χ3v) is 3.99. The molecule has 0 radical (unpaired) electrons. The highest BCUT2D eigenvalue weighted by molar-refractivity contribution is 9.10. The van der Waals surface area contributed by atoms with Crippen LogP contribution in [-0.2, 0) is 0 Å². The van der Waals surface area contributed by atoms with Crippen LogP contribution in [0.4, 0.5) is 5.69 Å². The minimum absolute atomic E-state index is 0.0758. The molecule has 5 heteroatoms. The van der Waals surface area contributed by atoms with E-state index in [2.05, 4.69) is 21.2 Å².